The van der Waals surface area contributed by atoms with Gasteiger partial charge >= 0.3 is 6.03 Å². The van der Waals surface area contributed by atoms with E-state index >= 15 is 0 Å². The number of rotatable bonds is 8. The monoisotopic (exact) mass is 283 g/mol. The molecular formula is C13H25N5O2. The maximum atomic E-state index is 12.0. The van der Waals surface area contributed by atoms with E-state index in [0.29, 0.717) is 18.8 Å². The molecule has 0 aliphatic heterocycles. The topological polar surface area (TPSA) is 73.6 Å². The molecule has 0 bridgehead atoms. The minimum Gasteiger partial charge on any atom is -0.395 e. The molecule has 7 heteroatoms. The largest absolute Gasteiger partial charge is 0.395 e. The summed E-state index contributed by atoms with van der Waals surface area (Å²) in [7, 11) is 4.01. The SMILES string of the molecule is CCCN(CCO)C(=O)Nc1cnn(CCN(C)C)c1. The maximum Gasteiger partial charge on any atom is 0.322 e. The Kier molecular flexibility index (Phi) is 7.03. The minimum absolute atomic E-state index is 0.0322. The van der Waals surface area contributed by atoms with Gasteiger partial charge in [0.25, 0.3) is 0 Å². The summed E-state index contributed by atoms with van der Waals surface area (Å²) in [6.07, 6.45) is 4.30. The summed E-state index contributed by atoms with van der Waals surface area (Å²) >= 11 is 0. The standard InChI is InChI=1S/C13H25N5O2/c1-4-5-17(8-9-19)13(20)15-12-10-14-18(11-12)7-6-16(2)3/h10-11,19H,4-9H2,1-3H3,(H,15,20). The van der Waals surface area contributed by atoms with E-state index in [9.17, 15) is 4.79 Å². The van der Waals surface area contributed by atoms with Gasteiger partial charge in [0, 0.05) is 25.8 Å². The van der Waals surface area contributed by atoms with Crippen LogP contribution in [0.4, 0.5) is 10.5 Å². The zero-order valence-electron chi connectivity index (χ0n) is 12.5. The lowest BCUT2D eigenvalue weighted by Crippen LogP contribution is -2.37. The normalized spacial score (nSPS) is 10.8. The molecule has 0 saturated heterocycles. The first-order chi connectivity index (χ1) is 9.56. The van der Waals surface area contributed by atoms with Crippen molar-refractivity contribution in [2.45, 2.75) is 19.9 Å². The molecule has 1 aromatic rings. The Morgan fingerprint density at radius 3 is 2.75 bits per heavy atom. The molecule has 2 N–H and O–H groups in total. The van der Waals surface area contributed by atoms with E-state index in [1.807, 2.05) is 27.2 Å². The second kappa shape index (κ2) is 8.55. The molecule has 20 heavy (non-hydrogen) atoms. The van der Waals surface area contributed by atoms with E-state index in [4.69, 9.17) is 5.11 Å². The van der Waals surface area contributed by atoms with Crippen molar-refractivity contribution in [3.63, 3.8) is 0 Å². The van der Waals surface area contributed by atoms with E-state index in [1.165, 1.54) is 0 Å². The first-order valence-electron chi connectivity index (χ1n) is 6.90. The predicted molar refractivity (Wildman–Crippen MR) is 78.7 cm³/mol. The fourth-order valence-corrected chi connectivity index (χ4v) is 1.76. The molecule has 0 spiro atoms. The molecule has 0 radical (unpaired) electrons. The van der Waals surface area contributed by atoms with Gasteiger partial charge in [-0.05, 0) is 20.5 Å². The lowest BCUT2D eigenvalue weighted by atomic mass is 10.4. The van der Waals surface area contributed by atoms with Crippen LogP contribution in [-0.2, 0) is 6.54 Å². The lowest BCUT2D eigenvalue weighted by Gasteiger charge is -2.20. The van der Waals surface area contributed by atoms with Crippen LogP contribution >= 0.6 is 0 Å². The molecule has 1 heterocycles. The third kappa shape index (κ3) is 5.58. The number of aliphatic hydroxyl groups is 1. The van der Waals surface area contributed by atoms with Crippen LogP contribution in [-0.4, -0.2) is 71.1 Å². The summed E-state index contributed by atoms with van der Waals surface area (Å²) in [5, 5.41) is 16.0. The number of amides is 2. The lowest BCUT2D eigenvalue weighted by molar-refractivity contribution is 0.188. The molecule has 0 fully saturated rings. The summed E-state index contributed by atoms with van der Waals surface area (Å²) in [4.78, 5) is 15.7. The van der Waals surface area contributed by atoms with Gasteiger partial charge < -0.3 is 20.2 Å². The Morgan fingerprint density at radius 2 is 2.15 bits per heavy atom. The van der Waals surface area contributed by atoms with Crippen molar-refractivity contribution in [3.8, 4) is 0 Å². The molecule has 0 aliphatic rings. The van der Waals surface area contributed by atoms with Crippen molar-refractivity contribution in [2.75, 3.05) is 45.7 Å². The summed E-state index contributed by atoms with van der Waals surface area (Å²) < 4.78 is 1.80. The fraction of sp³-hybridized carbons (Fsp3) is 0.692. The predicted octanol–water partition coefficient (Wildman–Crippen LogP) is 0.681. The summed E-state index contributed by atoms with van der Waals surface area (Å²) in [5.74, 6) is 0. The molecule has 0 unspecified atom stereocenters. The number of hydrogen-bond acceptors (Lipinski definition) is 4. The molecule has 7 nitrogen and oxygen atoms in total. The first-order valence-corrected chi connectivity index (χ1v) is 6.90. The minimum atomic E-state index is -0.201. The number of nitrogens with one attached hydrogen (secondary N) is 1. The quantitative estimate of drug-likeness (QED) is 0.736. The average molecular weight is 283 g/mol. The molecule has 0 aliphatic carbocycles. The number of aromatic nitrogens is 2. The van der Waals surface area contributed by atoms with Crippen LogP contribution in [0.5, 0.6) is 0 Å². The van der Waals surface area contributed by atoms with E-state index in [1.54, 1.807) is 15.8 Å². The van der Waals surface area contributed by atoms with Gasteiger partial charge in [-0.15, -0.1) is 0 Å². The van der Waals surface area contributed by atoms with Gasteiger partial charge in [-0.2, -0.15) is 5.10 Å². The van der Waals surface area contributed by atoms with Gasteiger partial charge in [0.1, 0.15) is 0 Å². The number of nitrogens with zero attached hydrogens (tertiary/aromatic N) is 4. The number of likely N-dealkylation sites (N-methyl/N-ethyl adjacent to an activating group) is 1. The first kappa shape index (κ1) is 16.5. The highest BCUT2D eigenvalue weighted by Crippen LogP contribution is 2.06. The Morgan fingerprint density at radius 1 is 1.40 bits per heavy atom. The van der Waals surface area contributed by atoms with Crippen molar-refractivity contribution in [3.05, 3.63) is 12.4 Å². The maximum absolute atomic E-state index is 12.0. The average Bonchev–Trinajstić information content (AvgIpc) is 2.83. The van der Waals surface area contributed by atoms with Crippen molar-refractivity contribution in [1.82, 2.24) is 19.6 Å². The van der Waals surface area contributed by atoms with Crippen LogP contribution in [0.15, 0.2) is 12.4 Å². The number of urea groups is 1. The molecule has 0 aromatic carbocycles. The van der Waals surface area contributed by atoms with Crippen molar-refractivity contribution in [1.29, 1.82) is 0 Å². The number of anilines is 1. The molecule has 1 aromatic heterocycles. The fourth-order valence-electron chi connectivity index (χ4n) is 1.76. The number of aliphatic hydroxyl groups excluding tert-OH is 1. The molecule has 1 rings (SSSR count). The highest BCUT2D eigenvalue weighted by atomic mass is 16.3. The van der Waals surface area contributed by atoms with Gasteiger partial charge in [0.15, 0.2) is 0 Å². The third-order valence-corrected chi connectivity index (χ3v) is 2.81. The molecule has 2 amide bonds. The summed E-state index contributed by atoms with van der Waals surface area (Å²) in [5.41, 5.74) is 0.674. The molecular weight excluding hydrogens is 258 g/mol. The van der Waals surface area contributed by atoms with E-state index in [0.717, 1.165) is 19.5 Å². The van der Waals surface area contributed by atoms with Crippen molar-refractivity contribution >= 4 is 11.7 Å². The van der Waals surface area contributed by atoms with Crippen LogP contribution in [0.1, 0.15) is 13.3 Å². The zero-order chi connectivity index (χ0) is 15.0. The molecule has 0 atom stereocenters. The smallest absolute Gasteiger partial charge is 0.322 e. The van der Waals surface area contributed by atoms with E-state index in [-0.39, 0.29) is 12.6 Å². The highest BCUT2D eigenvalue weighted by Gasteiger charge is 2.12. The number of carbonyl (C=O) groups is 1. The highest BCUT2D eigenvalue weighted by molar-refractivity contribution is 5.88. The van der Waals surface area contributed by atoms with Gasteiger partial charge in [-0.1, -0.05) is 6.92 Å². The Bertz CT molecular complexity index is 399. The number of hydrogen-bond donors (Lipinski definition) is 2. The van der Waals surface area contributed by atoms with Crippen molar-refractivity contribution in [2.24, 2.45) is 0 Å². The van der Waals surface area contributed by atoms with E-state index < -0.39 is 0 Å². The van der Waals surface area contributed by atoms with Crippen LogP contribution in [0, 0.1) is 0 Å². The molecule has 0 saturated carbocycles. The Hall–Kier alpha value is -1.60. The molecule has 114 valence electrons. The second-order valence-electron chi connectivity index (χ2n) is 4.94. The van der Waals surface area contributed by atoms with Crippen LogP contribution in [0.2, 0.25) is 0 Å². The third-order valence-electron chi connectivity index (χ3n) is 2.81. The Balaban J connectivity index is 2.52. The van der Waals surface area contributed by atoms with Gasteiger partial charge in [0.05, 0.1) is 25.0 Å². The van der Waals surface area contributed by atoms with Gasteiger partial charge in [-0.3, -0.25) is 4.68 Å². The van der Waals surface area contributed by atoms with Crippen LogP contribution in [0.25, 0.3) is 0 Å². The summed E-state index contributed by atoms with van der Waals surface area (Å²) in [6, 6.07) is -0.201. The number of carbonyl (C=O) groups excluding carboxylic acids is 1. The van der Waals surface area contributed by atoms with Gasteiger partial charge in [-0.25, -0.2) is 4.79 Å². The van der Waals surface area contributed by atoms with E-state index in [2.05, 4.69) is 15.3 Å². The second-order valence-corrected chi connectivity index (χ2v) is 4.94. The van der Waals surface area contributed by atoms with Crippen LogP contribution < -0.4 is 5.32 Å². The zero-order valence-corrected chi connectivity index (χ0v) is 12.5. The van der Waals surface area contributed by atoms with Crippen LogP contribution in [0.3, 0.4) is 0 Å². The summed E-state index contributed by atoms with van der Waals surface area (Å²) in [6.45, 7) is 4.60. The van der Waals surface area contributed by atoms with Gasteiger partial charge in [0.2, 0.25) is 0 Å². The Labute approximate surface area is 120 Å². The van der Waals surface area contributed by atoms with Crippen molar-refractivity contribution < 1.29 is 9.90 Å².